The molecule has 7 nitrogen and oxygen atoms in total. The lowest BCUT2D eigenvalue weighted by molar-refractivity contribution is -0.385. The number of esters is 1. The molecule has 1 unspecified atom stereocenters. The van der Waals surface area contributed by atoms with Crippen LogP contribution in [0.3, 0.4) is 0 Å². The number of halogens is 2. The van der Waals surface area contributed by atoms with Gasteiger partial charge in [-0.2, -0.15) is 0 Å². The van der Waals surface area contributed by atoms with Crippen molar-refractivity contribution in [2.75, 3.05) is 6.61 Å². The molecule has 0 radical (unpaired) electrons. The lowest BCUT2D eigenvalue weighted by Crippen LogP contribution is -2.15. The summed E-state index contributed by atoms with van der Waals surface area (Å²) in [5, 5.41) is 11.4. The Hall–Kier alpha value is -3.18. The van der Waals surface area contributed by atoms with Crippen LogP contribution in [0.4, 0.5) is 15.8 Å². The number of benzene rings is 2. The van der Waals surface area contributed by atoms with E-state index in [4.69, 9.17) is 27.6 Å². The molecule has 0 N–H and O–H groups in total. The third kappa shape index (κ3) is 4.51. The maximum absolute atomic E-state index is 15.0. The normalized spacial score (nSPS) is 11.4. The molecule has 140 valence electrons. The Morgan fingerprint density at radius 2 is 2.11 bits per heavy atom. The molecule has 27 heavy (non-hydrogen) atoms. The maximum Gasteiger partial charge on any atom is 0.314 e. The molecule has 0 aliphatic carbocycles. The minimum atomic E-state index is -1.06. The molecule has 2 rings (SSSR count). The van der Waals surface area contributed by atoms with Crippen LogP contribution in [0.15, 0.2) is 30.3 Å². The first-order valence-corrected chi connectivity index (χ1v) is 8.15. The minimum Gasteiger partial charge on any atom is -0.466 e. The van der Waals surface area contributed by atoms with E-state index in [9.17, 15) is 19.3 Å². The predicted molar refractivity (Wildman–Crippen MR) is 95.9 cm³/mol. The first-order valence-electron chi connectivity index (χ1n) is 7.77. The van der Waals surface area contributed by atoms with Gasteiger partial charge in [-0.1, -0.05) is 11.6 Å². The smallest absolute Gasteiger partial charge is 0.314 e. The molecule has 0 fully saturated rings. The zero-order chi connectivity index (χ0) is 20.1. The fraction of sp³-hybridized carbons (Fsp3) is 0.222. The van der Waals surface area contributed by atoms with E-state index in [0.717, 1.165) is 12.1 Å². The minimum absolute atomic E-state index is 0.0450. The van der Waals surface area contributed by atoms with Crippen LogP contribution >= 0.6 is 11.6 Å². The number of carbonyl (C=O) groups excluding carboxylic acids is 1. The van der Waals surface area contributed by atoms with Crippen molar-refractivity contribution in [1.29, 1.82) is 0 Å². The SMILES string of the molecule is [C-]#[N+]c1cc(Cl)cc(Oc2c([N+](=O)[O-])ccc(C(C)C(=O)OCC)c2F)c1. The summed E-state index contributed by atoms with van der Waals surface area (Å²) < 4.78 is 25.2. The van der Waals surface area contributed by atoms with Crippen LogP contribution in [-0.4, -0.2) is 17.5 Å². The summed E-state index contributed by atoms with van der Waals surface area (Å²) >= 11 is 5.88. The molecule has 0 saturated heterocycles. The van der Waals surface area contributed by atoms with Crippen LogP contribution in [0, 0.1) is 22.5 Å². The van der Waals surface area contributed by atoms with Gasteiger partial charge in [-0.25, -0.2) is 9.24 Å². The highest BCUT2D eigenvalue weighted by Gasteiger charge is 2.29. The first-order chi connectivity index (χ1) is 12.8. The summed E-state index contributed by atoms with van der Waals surface area (Å²) in [7, 11) is 0. The molecule has 9 heteroatoms. The lowest BCUT2D eigenvalue weighted by Gasteiger charge is -2.15. The van der Waals surface area contributed by atoms with Gasteiger partial charge in [-0.15, -0.1) is 0 Å². The molecule has 0 spiro atoms. The van der Waals surface area contributed by atoms with E-state index in [-0.39, 0.29) is 28.6 Å². The Balaban J connectivity index is 2.55. The van der Waals surface area contributed by atoms with E-state index in [1.807, 2.05) is 0 Å². The van der Waals surface area contributed by atoms with Crippen molar-refractivity contribution in [3.63, 3.8) is 0 Å². The molecule has 0 amide bonds. The van der Waals surface area contributed by atoms with Gasteiger partial charge in [0.2, 0.25) is 5.75 Å². The summed E-state index contributed by atoms with van der Waals surface area (Å²) in [5.41, 5.74) is -0.616. The van der Waals surface area contributed by atoms with Crippen molar-refractivity contribution in [2.24, 2.45) is 0 Å². The van der Waals surface area contributed by atoms with Crippen LogP contribution in [0.25, 0.3) is 4.85 Å². The van der Waals surface area contributed by atoms with Crippen molar-refractivity contribution in [1.82, 2.24) is 0 Å². The Labute approximate surface area is 159 Å². The summed E-state index contributed by atoms with van der Waals surface area (Å²) in [6.07, 6.45) is 0. The van der Waals surface area contributed by atoms with Crippen LogP contribution in [0.5, 0.6) is 11.5 Å². The van der Waals surface area contributed by atoms with E-state index >= 15 is 0 Å². The first kappa shape index (κ1) is 20.1. The van der Waals surface area contributed by atoms with E-state index in [1.54, 1.807) is 6.92 Å². The molecule has 2 aromatic carbocycles. The highest BCUT2D eigenvalue weighted by Crippen LogP contribution is 2.39. The van der Waals surface area contributed by atoms with Gasteiger partial charge >= 0.3 is 11.7 Å². The zero-order valence-corrected chi connectivity index (χ0v) is 15.1. The second-order valence-corrected chi connectivity index (χ2v) is 5.84. The molecule has 0 bridgehead atoms. The standard InChI is InChI=1S/C18H14ClFN2O5/c1-4-26-18(23)10(2)14-5-6-15(22(24)25)17(16(14)20)27-13-8-11(19)7-12(9-13)21-3/h5-10H,4H2,1-2H3. The summed E-state index contributed by atoms with van der Waals surface area (Å²) in [4.78, 5) is 25.6. The number of nitrogens with zero attached hydrogens (tertiary/aromatic N) is 2. The zero-order valence-electron chi connectivity index (χ0n) is 14.4. The topological polar surface area (TPSA) is 83.0 Å². The van der Waals surface area contributed by atoms with Crippen molar-refractivity contribution >= 4 is 28.9 Å². The number of nitro benzene ring substituents is 1. The Morgan fingerprint density at radius 3 is 2.70 bits per heavy atom. The van der Waals surface area contributed by atoms with E-state index in [1.165, 1.54) is 25.1 Å². The van der Waals surface area contributed by atoms with Crippen LogP contribution in [0.1, 0.15) is 25.3 Å². The largest absolute Gasteiger partial charge is 0.466 e. The van der Waals surface area contributed by atoms with Gasteiger partial charge in [0.25, 0.3) is 0 Å². The molecule has 0 aromatic heterocycles. The molecule has 0 saturated carbocycles. The fourth-order valence-electron chi connectivity index (χ4n) is 2.32. The highest BCUT2D eigenvalue weighted by atomic mass is 35.5. The van der Waals surface area contributed by atoms with Gasteiger partial charge < -0.3 is 9.47 Å². The number of carbonyl (C=O) groups is 1. The second-order valence-electron chi connectivity index (χ2n) is 5.41. The predicted octanol–water partition coefficient (Wildman–Crippen LogP) is 5.40. The van der Waals surface area contributed by atoms with Crippen molar-refractivity contribution in [3.05, 3.63) is 68.3 Å². The van der Waals surface area contributed by atoms with Gasteiger partial charge in [-0.3, -0.25) is 14.9 Å². The van der Waals surface area contributed by atoms with Crippen LogP contribution in [0.2, 0.25) is 5.02 Å². The molecule has 0 aliphatic heterocycles. The summed E-state index contributed by atoms with van der Waals surface area (Å²) in [5.74, 6) is -3.45. The van der Waals surface area contributed by atoms with Crippen molar-refractivity contribution in [3.8, 4) is 11.5 Å². The summed E-state index contributed by atoms with van der Waals surface area (Å²) in [6.45, 7) is 10.2. The average Bonchev–Trinajstić information content (AvgIpc) is 2.62. The van der Waals surface area contributed by atoms with Crippen molar-refractivity contribution < 1.29 is 23.6 Å². The quantitative estimate of drug-likeness (QED) is 0.284. The van der Waals surface area contributed by atoms with Gasteiger partial charge in [0, 0.05) is 16.7 Å². The number of nitro groups is 1. The number of hydrogen-bond acceptors (Lipinski definition) is 5. The Bertz CT molecular complexity index is 942. The average molecular weight is 393 g/mol. The molecule has 0 heterocycles. The van der Waals surface area contributed by atoms with Gasteiger partial charge in [0.05, 0.1) is 24.0 Å². The van der Waals surface area contributed by atoms with Crippen molar-refractivity contribution in [2.45, 2.75) is 19.8 Å². The lowest BCUT2D eigenvalue weighted by atomic mass is 9.99. The Kier molecular flexibility index (Phi) is 6.32. The molecular weight excluding hydrogens is 379 g/mol. The Morgan fingerprint density at radius 1 is 1.41 bits per heavy atom. The number of ether oxygens (including phenoxy) is 2. The van der Waals surface area contributed by atoms with Gasteiger partial charge in [-0.05, 0) is 38.1 Å². The molecule has 0 aliphatic rings. The maximum atomic E-state index is 15.0. The number of rotatable bonds is 6. The highest BCUT2D eigenvalue weighted by molar-refractivity contribution is 6.31. The monoisotopic (exact) mass is 392 g/mol. The van der Waals surface area contributed by atoms with E-state index in [0.29, 0.717) is 0 Å². The van der Waals surface area contributed by atoms with Crippen LogP contribution < -0.4 is 4.74 Å². The fourth-order valence-corrected chi connectivity index (χ4v) is 2.54. The molecule has 2 aromatic rings. The third-order valence-corrected chi connectivity index (χ3v) is 3.83. The summed E-state index contributed by atoms with van der Waals surface area (Å²) in [6, 6.07) is 6.12. The molecule has 1 atom stereocenters. The van der Waals surface area contributed by atoms with E-state index < -0.39 is 34.1 Å². The molecular formula is C18H14ClFN2O5. The van der Waals surface area contributed by atoms with Gasteiger partial charge in [0.1, 0.15) is 5.75 Å². The van der Waals surface area contributed by atoms with Crippen LogP contribution in [-0.2, 0) is 9.53 Å². The third-order valence-electron chi connectivity index (χ3n) is 3.61. The second kappa shape index (κ2) is 8.47. The van der Waals surface area contributed by atoms with E-state index in [2.05, 4.69) is 4.85 Å². The number of hydrogen-bond donors (Lipinski definition) is 0. The van der Waals surface area contributed by atoms with Gasteiger partial charge in [0.15, 0.2) is 11.5 Å².